The van der Waals surface area contributed by atoms with Gasteiger partial charge in [-0.25, -0.2) is 9.97 Å². The lowest BCUT2D eigenvalue weighted by molar-refractivity contribution is -0.0923. The number of hydrogen-bond acceptors (Lipinski definition) is 4. The molecule has 0 unspecified atom stereocenters. The SMILES string of the molecule is CC1(C)CCC(CN)(OCc2ncccn2)CC1. The van der Waals surface area contributed by atoms with Crippen LogP contribution >= 0.6 is 0 Å². The van der Waals surface area contributed by atoms with E-state index >= 15 is 0 Å². The van der Waals surface area contributed by atoms with E-state index in [1.807, 2.05) is 6.07 Å². The molecule has 1 aromatic heterocycles. The number of rotatable bonds is 4. The molecule has 18 heavy (non-hydrogen) atoms. The van der Waals surface area contributed by atoms with Gasteiger partial charge in [0.1, 0.15) is 6.61 Å². The van der Waals surface area contributed by atoms with E-state index in [1.54, 1.807) is 12.4 Å². The summed E-state index contributed by atoms with van der Waals surface area (Å²) in [7, 11) is 0. The van der Waals surface area contributed by atoms with Gasteiger partial charge in [0, 0.05) is 18.9 Å². The summed E-state index contributed by atoms with van der Waals surface area (Å²) in [6.45, 7) is 5.66. The van der Waals surface area contributed by atoms with E-state index in [-0.39, 0.29) is 5.60 Å². The van der Waals surface area contributed by atoms with E-state index in [9.17, 15) is 0 Å². The van der Waals surface area contributed by atoms with Crippen LogP contribution in [0.4, 0.5) is 0 Å². The van der Waals surface area contributed by atoms with Gasteiger partial charge < -0.3 is 10.5 Å². The molecule has 0 aliphatic heterocycles. The Kier molecular flexibility index (Phi) is 3.97. The standard InChI is InChI=1S/C14H23N3O/c1-13(2)4-6-14(11-15,7-5-13)18-10-12-16-8-3-9-17-12/h3,8-9H,4-7,10-11,15H2,1-2H3. The van der Waals surface area contributed by atoms with E-state index in [1.165, 1.54) is 12.8 Å². The maximum Gasteiger partial charge on any atom is 0.153 e. The predicted molar refractivity (Wildman–Crippen MR) is 70.9 cm³/mol. The van der Waals surface area contributed by atoms with Crippen molar-refractivity contribution >= 4 is 0 Å². The zero-order chi connectivity index (χ0) is 13.1. The lowest BCUT2D eigenvalue weighted by Crippen LogP contribution is -2.45. The average molecular weight is 249 g/mol. The van der Waals surface area contributed by atoms with Crippen LogP contribution in [0.5, 0.6) is 0 Å². The summed E-state index contributed by atoms with van der Waals surface area (Å²) in [6, 6.07) is 1.81. The predicted octanol–water partition coefficient (Wildman–Crippen LogP) is 2.29. The van der Waals surface area contributed by atoms with Gasteiger partial charge in [-0.2, -0.15) is 0 Å². The van der Waals surface area contributed by atoms with Gasteiger partial charge in [-0.1, -0.05) is 13.8 Å². The summed E-state index contributed by atoms with van der Waals surface area (Å²) in [4.78, 5) is 8.36. The van der Waals surface area contributed by atoms with Crippen molar-refractivity contribution < 1.29 is 4.74 Å². The second-order valence-corrected chi connectivity index (χ2v) is 6.01. The fourth-order valence-electron chi connectivity index (χ4n) is 2.41. The third kappa shape index (κ3) is 3.27. The molecule has 4 heteroatoms. The molecule has 0 atom stereocenters. The molecule has 0 aromatic carbocycles. The van der Waals surface area contributed by atoms with Crippen LogP contribution in [-0.2, 0) is 11.3 Å². The number of aromatic nitrogens is 2. The summed E-state index contributed by atoms with van der Waals surface area (Å²) >= 11 is 0. The minimum Gasteiger partial charge on any atom is -0.366 e. The van der Waals surface area contributed by atoms with Gasteiger partial charge in [-0.3, -0.25) is 0 Å². The molecule has 1 saturated carbocycles. The Hall–Kier alpha value is -1.00. The first-order valence-electron chi connectivity index (χ1n) is 6.65. The molecule has 0 radical (unpaired) electrons. The van der Waals surface area contributed by atoms with Gasteiger partial charge in [-0.15, -0.1) is 0 Å². The highest BCUT2D eigenvalue weighted by molar-refractivity contribution is 4.93. The molecular formula is C14H23N3O. The summed E-state index contributed by atoms with van der Waals surface area (Å²) in [6.07, 6.45) is 7.88. The van der Waals surface area contributed by atoms with E-state index in [2.05, 4.69) is 23.8 Å². The molecule has 2 N–H and O–H groups in total. The molecule has 0 amide bonds. The quantitative estimate of drug-likeness (QED) is 0.889. The topological polar surface area (TPSA) is 61.0 Å². The first kappa shape index (κ1) is 13.4. The number of nitrogens with zero attached hydrogens (tertiary/aromatic N) is 2. The van der Waals surface area contributed by atoms with Gasteiger partial charge in [0.2, 0.25) is 0 Å². The van der Waals surface area contributed by atoms with Crippen LogP contribution in [0.3, 0.4) is 0 Å². The molecule has 0 bridgehead atoms. The van der Waals surface area contributed by atoms with Gasteiger partial charge >= 0.3 is 0 Å². The first-order chi connectivity index (χ1) is 8.55. The molecule has 1 aliphatic carbocycles. The van der Waals surface area contributed by atoms with Crippen LogP contribution < -0.4 is 5.73 Å². The van der Waals surface area contributed by atoms with Gasteiger partial charge in [-0.05, 0) is 37.2 Å². The normalized spacial score (nSPS) is 21.7. The van der Waals surface area contributed by atoms with E-state index in [4.69, 9.17) is 10.5 Å². The molecule has 4 nitrogen and oxygen atoms in total. The van der Waals surface area contributed by atoms with Crippen molar-refractivity contribution in [2.45, 2.75) is 51.7 Å². The van der Waals surface area contributed by atoms with Gasteiger partial charge in [0.25, 0.3) is 0 Å². The Morgan fingerprint density at radius 1 is 1.17 bits per heavy atom. The summed E-state index contributed by atoms with van der Waals surface area (Å²) < 4.78 is 6.05. The van der Waals surface area contributed by atoms with Crippen LogP contribution in [-0.4, -0.2) is 22.1 Å². The zero-order valence-corrected chi connectivity index (χ0v) is 11.4. The minimum absolute atomic E-state index is 0.172. The third-order valence-corrected chi connectivity index (χ3v) is 4.01. The Balaban J connectivity index is 1.94. The largest absolute Gasteiger partial charge is 0.366 e. The first-order valence-corrected chi connectivity index (χ1v) is 6.65. The van der Waals surface area contributed by atoms with Crippen LogP contribution in [0.2, 0.25) is 0 Å². The molecule has 1 fully saturated rings. The fraction of sp³-hybridized carbons (Fsp3) is 0.714. The number of nitrogens with two attached hydrogens (primary N) is 1. The summed E-state index contributed by atoms with van der Waals surface area (Å²) in [5, 5.41) is 0. The van der Waals surface area contributed by atoms with E-state index in [0.717, 1.165) is 18.7 Å². The van der Waals surface area contributed by atoms with Gasteiger partial charge in [0.15, 0.2) is 5.82 Å². The molecule has 0 saturated heterocycles. The second kappa shape index (κ2) is 5.33. The highest BCUT2D eigenvalue weighted by Gasteiger charge is 2.38. The smallest absolute Gasteiger partial charge is 0.153 e. The van der Waals surface area contributed by atoms with Gasteiger partial charge in [0.05, 0.1) is 5.60 Å². The molecule has 1 aliphatic rings. The molecular weight excluding hydrogens is 226 g/mol. The third-order valence-electron chi connectivity index (χ3n) is 4.01. The van der Waals surface area contributed by atoms with Crippen molar-refractivity contribution in [1.82, 2.24) is 9.97 Å². The molecule has 2 rings (SSSR count). The van der Waals surface area contributed by atoms with Crippen molar-refractivity contribution in [3.05, 3.63) is 24.3 Å². The summed E-state index contributed by atoms with van der Waals surface area (Å²) in [5.41, 5.74) is 6.18. The van der Waals surface area contributed by atoms with Crippen LogP contribution in [0.15, 0.2) is 18.5 Å². The van der Waals surface area contributed by atoms with Crippen molar-refractivity contribution in [3.63, 3.8) is 0 Å². The zero-order valence-electron chi connectivity index (χ0n) is 11.4. The van der Waals surface area contributed by atoms with Crippen LogP contribution in [0, 0.1) is 5.41 Å². The summed E-state index contributed by atoms with van der Waals surface area (Å²) in [5.74, 6) is 0.732. The van der Waals surface area contributed by atoms with Crippen molar-refractivity contribution in [3.8, 4) is 0 Å². The highest BCUT2D eigenvalue weighted by Crippen LogP contribution is 2.41. The maximum absolute atomic E-state index is 6.05. The number of ether oxygens (including phenoxy) is 1. The van der Waals surface area contributed by atoms with Crippen molar-refractivity contribution in [2.24, 2.45) is 11.1 Å². The Labute approximate surface area is 109 Å². The molecule has 1 aromatic rings. The average Bonchev–Trinajstić information content (AvgIpc) is 2.40. The minimum atomic E-state index is -0.172. The number of hydrogen-bond donors (Lipinski definition) is 1. The molecule has 0 spiro atoms. The van der Waals surface area contributed by atoms with Crippen LogP contribution in [0.1, 0.15) is 45.4 Å². The lowest BCUT2D eigenvalue weighted by atomic mass is 9.71. The fourth-order valence-corrected chi connectivity index (χ4v) is 2.41. The Bertz CT molecular complexity index is 368. The lowest BCUT2D eigenvalue weighted by Gasteiger charge is -2.42. The molecule has 100 valence electrons. The van der Waals surface area contributed by atoms with E-state index in [0.29, 0.717) is 18.6 Å². The van der Waals surface area contributed by atoms with Crippen LogP contribution in [0.25, 0.3) is 0 Å². The van der Waals surface area contributed by atoms with Crippen molar-refractivity contribution in [1.29, 1.82) is 0 Å². The highest BCUT2D eigenvalue weighted by atomic mass is 16.5. The molecule has 1 heterocycles. The van der Waals surface area contributed by atoms with E-state index < -0.39 is 0 Å². The Morgan fingerprint density at radius 3 is 2.33 bits per heavy atom. The monoisotopic (exact) mass is 249 g/mol. The Morgan fingerprint density at radius 2 is 1.78 bits per heavy atom. The second-order valence-electron chi connectivity index (χ2n) is 6.01. The van der Waals surface area contributed by atoms with Crippen molar-refractivity contribution in [2.75, 3.05) is 6.54 Å². The maximum atomic E-state index is 6.05.